The fourth-order valence-electron chi connectivity index (χ4n) is 1.95. The van der Waals surface area contributed by atoms with Crippen LogP contribution < -0.4 is 10.6 Å². The molecule has 0 aliphatic heterocycles. The van der Waals surface area contributed by atoms with Gasteiger partial charge in [0.05, 0.1) is 12.2 Å². The summed E-state index contributed by atoms with van der Waals surface area (Å²) >= 11 is 0. The first-order chi connectivity index (χ1) is 9.86. The molecule has 1 heterocycles. The Labute approximate surface area is 117 Å². The van der Waals surface area contributed by atoms with Crippen LogP contribution in [0, 0.1) is 0 Å². The maximum absolute atomic E-state index is 4.30. The summed E-state index contributed by atoms with van der Waals surface area (Å²) in [6.07, 6.45) is 4.02. The van der Waals surface area contributed by atoms with E-state index < -0.39 is 0 Å². The fourth-order valence-corrected chi connectivity index (χ4v) is 1.95. The lowest BCUT2D eigenvalue weighted by Gasteiger charge is -2.11. The van der Waals surface area contributed by atoms with Crippen LogP contribution >= 0.6 is 0 Å². The van der Waals surface area contributed by atoms with Crippen molar-refractivity contribution in [2.75, 3.05) is 7.05 Å². The standard InChI is InChI=1S/C14H18N6/c1-15-14(19-11-7-8-11)16-9-13-17-10-18-20(13)12-5-3-2-4-6-12/h2-6,10-11H,7-9H2,1H3,(H2,15,16,19). The lowest BCUT2D eigenvalue weighted by atomic mass is 10.3. The van der Waals surface area contributed by atoms with Crippen LogP contribution in [0.5, 0.6) is 0 Å². The van der Waals surface area contributed by atoms with Crippen molar-refractivity contribution in [3.63, 3.8) is 0 Å². The summed E-state index contributed by atoms with van der Waals surface area (Å²) < 4.78 is 1.83. The van der Waals surface area contributed by atoms with E-state index in [0.717, 1.165) is 17.5 Å². The molecule has 0 amide bonds. The third kappa shape index (κ3) is 2.96. The van der Waals surface area contributed by atoms with Gasteiger partial charge in [0.25, 0.3) is 0 Å². The van der Waals surface area contributed by atoms with E-state index in [1.54, 1.807) is 13.4 Å². The third-order valence-corrected chi connectivity index (χ3v) is 3.17. The first-order valence-electron chi connectivity index (χ1n) is 6.78. The maximum Gasteiger partial charge on any atom is 0.191 e. The molecule has 2 N–H and O–H groups in total. The van der Waals surface area contributed by atoms with E-state index in [2.05, 4.69) is 25.7 Å². The van der Waals surface area contributed by atoms with Gasteiger partial charge in [-0.2, -0.15) is 5.10 Å². The summed E-state index contributed by atoms with van der Waals surface area (Å²) in [5, 5.41) is 10.9. The van der Waals surface area contributed by atoms with Crippen LogP contribution in [0.1, 0.15) is 18.7 Å². The highest BCUT2D eigenvalue weighted by molar-refractivity contribution is 5.80. The van der Waals surface area contributed by atoms with Crippen molar-refractivity contribution in [3.05, 3.63) is 42.5 Å². The molecule has 0 spiro atoms. The Kier molecular flexibility index (Phi) is 3.62. The second kappa shape index (κ2) is 5.73. The fraction of sp³-hybridized carbons (Fsp3) is 0.357. The van der Waals surface area contributed by atoms with E-state index in [4.69, 9.17) is 0 Å². The Morgan fingerprint density at radius 2 is 2.15 bits per heavy atom. The average Bonchev–Trinajstić information content (AvgIpc) is 3.19. The number of nitrogens with one attached hydrogen (secondary N) is 2. The molecule has 1 aromatic carbocycles. The predicted molar refractivity (Wildman–Crippen MR) is 77.7 cm³/mol. The number of aliphatic imine (C=N–C) groups is 1. The van der Waals surface area contributed by atoms with Crippen molar-refractivity contribution < 1.29 is 0 Å². The minimum atomic E-state index is 0.577. The van der Waals surface area contributed by atoms with E-state index in [0.29, 0.717) is 12.6 Å². The van der Waals surface area contributed by atoms with Gasteiger partial charge in [0.15, 0.2) is 11.8 Å². The van der Waals surface area contributed by atoms with Crippen molar-refractivity contribution in [1.29, 1.82) is 0 Å². The molecule has 1 fully saturated rings. The third-order valence-electron chi connectivity index (χ3n) is 3.17. The molecule has 104 valence electrons. The topological polar surface area (TPSA) is 67.1 Å². The largest absolute Gasteiger partial charge is 0.354 e. The quantitative estimate of drug-likeness (QED) is 0.645. The molecule has 0 unspecified atom stereocenters. The van der Waals surface area contributed by atoms with Crippen LogP contribution in [0.4, 0.5) is 0 Å². The van der Waals surface area contributed by atoms with Gasteiger partial charge in [-0.05, 0) is 25.0 Å². The van der Waals surface area contributed by atoms with E-state index in [1.165, 1.54) is 12.8 Å². The zero-order valence-electron chi connectivity index (χ0n) is 11.5. The highest BCUT2D eigenvalue weighted by atomic mass is 15.3. The molecule has 0 bridgehead atoms. The Morgan fingerprint density at radius 1 is 1.35 bits per heavy atom. The molecule has 6 nitrogen and oxygen atoms in total. The first kappa shape index (κ1) is 12.7. The van der Waals surface area contributed by atoms with E-state index in [-0.39, 0.29) is 0 Å². The smallest absolute Gasteiger partial charge is 0.191 e. The zero-order valence-corrected chi connectivity index (χ0v) is 11.5. The Hall–Kier alpha value is -2.37. The molecule has 20 heavy (non-hydrogen) atoms. The minimum Gasteiger partial charge on any atom is -0.354 e. The number of rotatable bonds is 4. The normalized spacial score (nSPS) is 15.2. The monoisotopic (exact) mass is 270 g/mol. The molecule has 1 aliphatic rings. The summed E-state index contributed by atoms with van der Waals surface area (Å²) in [6, 6.07) is 10.6. The summed E-state index contributed by atoms with van der Waals surface area (Å²) in [7, 11) is 1.78. The Morgan fingerprint density at radius 3 is 2.85 bits per heavy atom. The number of guanidine groups is 1. The first-order valence-corrected chi connectivity index (χ1v) is 6.78. The highest BCUT2D eigenvalue weighted by Crippen LogP contribution is 2.18. The van der Waals surface area contributed by atoms with Gasteiger partial charge in [-0.25, -0.2) is 9.67 Å². The number of hydrogen-bond acceptors (Lipinski definition) is 3. The minimum absolute atomic E-state index is 0.577. The van der Waals surface area contributed by atoms with E-state index >= 15 is 0 Å². The Bertz CT molecular complexity index is 585. The lowest BCUT2D eigenvalue weighted by Crippen LogP contribution is -2.38. The summed E-state index contributed by atoms with van der Waals surface area (Å²) in [5.74, 6) is 1.67. The molecule has 0 atom stereocenters. The molecule has 2 aromatic rings. The van der Waals surface area contributed by atoms with Crippen LogP contribution in [-0.4, -0.2) is 33.8 Å². The molecular weight excluding hydrogens is 252 g/mol. The van der Waals surface area contributed by atoms with Crippen molar-refractivity contribution in [1.82, 2.24) is 25.4 Å². The van der Waals surface area contributed by atoms with Gasteiger partial charge in [0.2, 0.25) is 0 Å². The molecule has 6 heteroatoms. The molecule has 1 aromatic heterocycles. The van der Waals surface area contributed by atoms with Gasteiger partial charge in [-0.1, -0.05) is 18.2 Å². The zero-order chi connectivity index (χ0) is 13.8. The van der Waals surface area contributed by atoms with Crippen molar-refractivity contribution in [2.45, 2.75) is 25.4 Å². The number of hydrogen-bond donors (Lipinski definition) is 2. The van der Waals surface area contributed by atoms with Gasteiger partial charge in [0, 0.05) is 13.1 Å². The predicted octanol–water partition coefficient (Wildman–Crippen LogP) is 1.09. The van der Waals surface area contributed by atoms with Gasteiger partial charge in [0.1, 0.15) is 6.33 Å². The Balaban J connectivity index is 1.67. The molecule has 1 saturated carbocycles. The summed E-state index contributed by atoms with van der Waals surface area (Å²) in [4.78, 5) is 8.51. The molecular formula is C14H18N6. The van der Waals surface area contributed by atoms with Crippen LogP contribution in [0.15, 0.2) is 41.7 Å². The van der Waals surface area contributed by atoms with E-state index in [1.807, 2.05) is 35.0 Å². The average molecular weight is 270 g/mol. The summed E-state index contributed by atoms with van der Waals surface area (Å²) in [5.41, 5.74) is 1.01. The van der Waals surface area contributed by atoms with Crippen LogP contribution in [-0.2, 0) is 6.54 Å². The van der Waals surface area contributed by atoms with Gasteiger partial charge < -0.3 is 10.6 Å². The van der Waals surface area contributed by atoms with Gasteiger partial charge >= 0.3 is 0 Å². The van der Waals surface area contributed by atoms with Crippen LogP contribution in [0.25, 0.3) is 5.69 Å². The molecule has 1 aliphatic carbocycles. The van der Waals surface area contributed by atoms with Crippen molar-refractivity contribution in [2.24, 2.45) is 4.99 Å². The lowest BCUT2D eigenvalue weighted by molar-refractivity contribution is 0.728. The maximum atomic E-state index is 4.30. The van der Waals surface area contributed by atoms with Crippen molar-refractivity contribution in [3.8, 4) is 5.69 Å². The van der Waals surface area contributed by atoms with Crippen LogP contribution in [0.2, 0.25) is 0 Å². The number of nitrogens with zero attached hydrogens (tertiary/aromatic N) is 4. The molecule has 0 radical (unpaired) electrons. The van der Waals surface area contributed by atoms with Crippen molar-refractivity contribution >= 4 is 5.96 Å². The van der Waals surface area contributed by atoms with Crippen LogP contribution in [0.3, 0.4) is 0 Å². The number of para-hydroxylation sites is 1. The number of aromatic nitrogens is 3. The second-order valence-electron chi connectivity index (χ2n) is 4.77. The van der Waals surface area contributed by atoms with E-state index in [9.17, 15) is 0 Å². The SMILES string of the molecule is CN=C(NCc1ncnn1-c1ccccc1)NC1CC1. The second-order valence-corrected chi connectivity index (χ2v) is 4.77. The van der Waals surface area contributed by atoms with Gasteiger partial charge in [-0.3, -0.25) is 4.99 Å². The molecule has 3 rings (SSSR count). The highest BCUT2D eigenvalue weighted by Gasteiger charge is 2.22. The number of benzene rings is 1. The van der Waals surface area contributed by atoms with Gasteiger partial charge in [-0.15, -0.1) is 0 Å². The summed E-state index contributed by atoms with van der Waals surface area (Å²) in [6.45, 7) is 0.585. The molecule has 0 saturated heterocycles.